The molecule has 1 rings (SSSR count). The minimum Gasteiger partial charge on any atom is -0.356 e. The highest BCUT2D eigenvalue weighted by Crippen LogP contribution is 2.17. The third kappa shape index (κ3) is 3.83. The molecule has 2 amide bonds. The molecule has 0 radical (unpaired) electrons. The van der Waals surface area contributed by atoms with Crippen molar-refractivity contribution < 1.29 is 9.59 Å². The van der Waals surface area contributed by atoms with Gasteiger partial charge < -0.3 is 10.2 Å². The predicted molar refractivity (Wildman–Crippen MR) is 62.8 cm³/mol. The Morgan fingerprint density at radius 1 is 1.31 bits per heavy atom. The van der Waals surface area contributed by atoms with Crippen LogP contribution >= 0.6 is 0 Å². The van der Waals surface area contributed by atoms with E-state index in [1.165, 1.54) is 0 Å². The molecule has 4 nitrogen and oxygen atoms in total. The summed E-state index contributed by atoms with van der Waals surface area (Å²) < 4.78 is 0. The van der Waals surface area contributed by atoms with Crippen LogP contribution in [0.4, 0.5) is 0 Å². The highest BCUT2D eigenvalue weighted by molar-refractivity contribution is 5.79. The maximum Gasteiger partial charge on any atom is 0.223 e. The molecule has 1 N–H and O–H groups in total. The third-order valence-electron chi connectivity index (χ3n) is 3.00. The number of hydrogen-bond acceptors (Lipinski definition) is 2. The second-order valence-corrected chi connectivity index (χ2v) is 4.92. The predicted octanol–water partition coefficient (Wildman–Crippen LogP) is 1.02. The Morgan fingerprint density at radius 2 is 1.88 bits per heavy atom. The number of hydrogen-bond donors (Lipinski definition) is 1. The van der Waals surface area contributed by atoms with Crippen LogP contribution in [0.3, 0.4) is 0 Å². The maximum absolute atomic E-state index is 11.8. The molecule has 1 aliphatic rings. The summed E-state index contributed by atoms with van der Waals surface area (Å²) in [6.07, 6.45) is 1.59. The first kappa shape index (κ1) is 13.0. The first-order chi connectivity index (χ1) is 7.50. The van der Waals surface area contributed by atoms with Crippen molar-refractivity contribution in [2.45, 2.75) is 33.6 Å². The fourth-order valence-electron chi connectivity index (χ4n) is 1.91. The quantitative estimate of drug-likeness (QED) is 0.781. The lowest BCUT2D eigenvalue weighted by Gasteiger charge is -2.30. The first-order valence-corrected chi connectivity index (χ1v) is 6.04. The van der Waals surface area contributed by atoms with Gasteiger partial charge in [0.2, 0.25) is 11.8 Å². The molecule has 0 atom stereocenters. The summed E-state index contributed by atoms with van der Waals surface area (Å²) in [5.41, 5.74) is 0. The van der Waals surface area contributed by atoms with Crippen molar-refractivity contribution in [1.82, 2.24) is 10.2 Å². The zero-order valence-electron chi connectivity index (χ0n) is 10.5. The van der Waals surface area contributed by atoms with Crippen molar-refractivity contribution in [1.29, 1.82) is 0 Å². The van der Waals surface area contributed by atoms with E-state index in [9.17, 15) is 9.59 Å². The first-order valence-electron chi connectivity index (χ1n) is 6.04. The van der Waals surface area contributed by atoms with Gasteiger partial charge in [-0.1, -0.05) is 13.8 Å². The molecule has 1 heterocycles. The Morgan fingerprint density at radius 3 is 2.31 bits per heavy atom. The number of carbonyl (C=O) groups is 2. The molecule has 4 heteroatoms. The van der Waals surface area contributed by atoms with E-state index >= 15 is 0 Å². The van der Waals surface area contributed by atoms with Crippen molar-refractivity contribution in [3.05, 3.63) is 0 Å². The molecule has 0 aliphatic carbocycles. The van der Waals surface area contributed by atoms with E-state index < -0.39 is 0 Å². The lowest BCUT2D eigenvalue weighted by Crippen LogP contribution is -2.42. The molecule has 0 saturated carbocycles. The summed E-state index contributed by atoms with van der Waals surface area (Å²) in [6, 6.07) is 0. The Bertz CT molecular complexity index is 256. The van der Waals surface area contributed by atoms with Crippen LogP contribution in [0.25, 0.3) is 0 Å². The van der Waals surface area contributed by atoms with Crippen molar-refractivity contribution in [3.8, 4) is 0 Å². The molecule has 16 heavy (non-hydrogen) atoms. The molecule has 0 aromatic heterocycles. The number of piperidine rings is 1. The summed E-state index contributed by atoms with van der Waals surface area (Å²) in [7, 11) is 0. The van der Waals surface area contributed by atoms with Gasteiger partial charge in [0.1, 0.15) is 0 Å². The average molecular weight is 226 g/mol. The molecular weight excluding hydrogens is 204 g/mol. The van der Waals surface area contributed by atoms with Crippen LogP contribution in [0.15, 0.2) is 0 Å². The van der Waals surface area contributed by atoms with Gasteiger partial charge in [-0.2, -0.15) is 0 Å². The number of likely N-dealkylation sites (tertiary alicyclic amines) is 1. The van der Waals surface area contributed by atoms with Gasteiger partial charge in [0.25, 0.3) is 0 Å². The van der Waals surface area contributed by atoms with Gasteiger partial charge in [0.05, 0.1) is 0 Å². The van der Waals surface area contributed by atoms with E-state index in [0.717, 1.165) is 32.5 Å². The van der Waals surface area contributed by atoms with Crippen molar-refractivity contribution >= 4 is 11.8 Å². The fourth-order valence-corrected chi connectivity index (χ4v) is 1.91. The van der Waals surface area contributed by atoms with Crippen molar-refractivity contribution in [2.75, 3.05) is 19.6 Å². The monoisotopic (exact) mass is 226 g/mol. The van der Waals surface area contributed by atoms with Gasteiger partial charge in [-0.15, -0.1) is 0 Å². The van der Waals surface area contributed by atoms with Crippen molar-refractivity contribution in [3.63, 3.8) is 0 Å². The number of nitrogens with one attached hydrogen (secondary N) is 1. The fraction of sp³-hybridized carbons (Fsp3) is 0.833. The van der Waals surface area contributed by atoms with E-state index in [2.05, 4.69) is 19.2 Å². The average Bonchev–Trinajstić information content (AvgIpc) is 2.26. The van der Waals surface area contributed by atoms with Crippen LogP contribution in [0.2, 0.25) is 0 Å². The number of amides is 2. The summed E-state index contributed by atoms with van der Waals surface area (Å²) in [4.78, 5) is 24.7. The molecule has 1 fully saturated rings. The smallest absolute Gasteiger partial charge is 0.223 e. The van der Waals surface area contributed by atoms with E-state index in [4.69, 9.17) is 0 Å². The maximum atomic E-state index is 11.8. The van der Waals surface area contributed by atoms with Crippen LogP contribution < -0.4 is 5.32 Å². The van der Waals surface area contributed by atoms with Gasteiger partial charge >= 0.3 is 0 Å². The summed E-state index contributed by atoms with van der Waals surface area (Å²) in [5, 5.41) is 2.95. The highest BCUT2D eigenvalue weighted by atomic mass is 16.2. The highest BCUT2D eigenvalue weighted by Gasteiger charge is 2.25. The Balaban J connectivity index is 2.30. The lowest BCUT2D eigenvalue weighted by molar-refractivity contribution is -0.133. The van der Waals surface area contributed by atoms with Gasteiger partial charge in [-0.25, -0.2) is 0 Å². The van der Waals surface area contributed by atoms with E-state index in [1.54, 1.807) is 6.92 Å². The Labute approximate surface area is 97.4 Å². The number of carbonyl (C=O) groups excluding carboxylic acids is 2. The summed E-state index contributed by atoms with van der Waals surface area (Å²) >= 11 is 0. The van der Waals surface area contributed by atoms with E-state index in [1.807, 2.05) is 4.90 Å². The van der Waals surface area contributed by atoms with Gasteiger partial charge in [-0.3, -0.25) is 9.59 Å². The standard InChI is InChI=1S/C12H22N2O2/c1-9(2)8-13-12(16)11-4-6-14(7-5-11)10(3)15/h9,11H,4-8H2,1-3H3,(H,13,16). The van der Waals surface area contributed by atoms with Crippen LogP contribution in [0.1, 0.15) is 33.6 Å². The molecule has 1 aliphatic heterocycles. The topological polar surface area (TPSA) is 49.4 Å². The summed E-state index contributed by atoms with van der Waals surface area (Å²) in [5.74, 6) is 0.841. The lowest BCUT2D eigenvalue weighted by atomic mass is 9.95. The second-order valence-electron chi connectivity index (χ2n) is 4.92. The van der Waals surface area contributed by atoms with Gasteiger partial charge in [-0.05, 0) is 18.8 Å². The third-order valence-corrected chi connectivity index (χ3v) is 3.00. The Hall–Kier alpha value is -1.06. The van der Waals surface area contributed by atoms with Crippen LogP contribution in [-0.2, 0) is 9.59 Å². The van der Waals surface area contributed by atoms with E-state index in [-0.39, 0.29) is 17.7 Å². The molecule has 0 bridgehead atoms. The Kier molecular flexibility index (Phi) is 4.77. The molecule has 0 spiro atoms. The summed E-state index contributed by atoms with van der Waals surface area (Å²) in [6.45, 7) is 7.92. The van der Waals surface area contributed by atoms with Crippen molar-refractivity contribution in [2.24, 2.45) is 11.8 Å². The molecule has 0 aromatic rings. The normalized spacial score (nSPS) is 17.6. The minimum atomic E-state index is 0.0920. The zero-order chi connectivity index (χ0) is 12.1. The molecule has 0 aromatic carbocycles. The molecular formula is C12H22N2O2. The van der Waals surface area contributed by atoms with Crippen LogP contribution in [0.5, 0.6) is 0 Å². The number of rotatable bonds is 3. The van der Waals surface area contributed by atoms with Gasteiger partial charge in [0.15, 0.2) is 0 Å². The SMILES string of the molecule is CC(=O)N1CCC(C(=O)NCC(C)C)CC1. The largest absolute Gasteiger partial charge is 0.356 e. The molecule has 92 valence electrons. The van der Waals surface area contributed by atoms with E-state index in [0.29, 0.717) is 5.92 Å². The van der Waals surface area contributed by atoms with Gasteiger partial charge in [0, 0.05) is 32.5 Å². The number of nitrogens with zero attached hydrogens (tertiary/aromatic N) is 1. The molecule has 1 saturated heterocycles. The van der Waals surface area contributed by atoms with Crippen LogP contribution in [-0.4, -0.2) is 36.3 Å². The van der Waals surface area contributed by atoms with Crippen LogP contribution in [0, 0.1) is 11.8 Å². The minimum absolute atomic E-state index is 0.0920. The second kappa shape index (κ2) is 5.87. The molecule has 0 unspecified atom stereocenters. The zero-order valence-corrected chi connectivity index (χ0v) is 10.5.